The number of aryl methyl sites for hydroxylation is 1. The molecule has 5 heteroatoms. The van der Waals surface area contributed by atoms with Gasteiger partial charge in [0.05, 0.1) is 5.41 Å². The zero-order valence-electron chi connectivity index (χ0n) is 14.5. The highest BCUT2D eigenvalue weighted by atomic mass is 16.2. The second-order valence-electron chi connectivity index (χ2n) is 6.15. The maximum absolute atomic E-state index is 11.8. The van der Waals surface area contributed by atoms with Gasteiger partial charge in [0.2, 0.25) is 5.91 Å². The van der Waals surface area contributed by atoms with Crippen molar-refractivity contribution in [2.75, 3.05) is 27.7 Å². The molecule has 1 amide bonds. The van der Waals surface area contributed by atoms with Gasteiger partial charge in [-0.2, -0.15) is 0 Å². The highest BCUT2D eigenvalue weighted by Crippen LogP contribution is 2.14. The number of carbonyl (C=O) groups is 1. The lowest BCUT2D eigenvalue weighted by Gasteiger charge is -2.28. The van der Waals surface area contributed by atoms with Crippen LogP contribution in [-0.4, -0.2) is 44.5 Å². The molecule has 0 saturated heterocycles. The Balaban J connectivity index is 2.69. The molecule has 1 aromatic rings. The van der Waals surface area contributed by atoms with Crippen LogP contribution in [0.2, 0.25) is 0 Å². The maximum Gasteiger partial charge on any atom is 0.227 e. The smallest absolute Gasteiger partial charge is 0.227 e. The number of hydrogen-bond acceptors (Lipinski definition) is 2. The predicted octanol–water partition coefficient (Wildman–Crippen LogP) is 1.77. The van der Waals surface area contributed by atoms with Crippen LogP contribution < -0.4 is 10.6 Å². The third-order valence-corrected chi connectivity index (χ3v) is 3.77. The molecule has 0 aliphatic carbocycles. The van der Waals surface area contributed by atoms with Crippen molar-refractivity contribution in [1.29, 1.82) is 0 Å². The topological polar surface area (TPSA) is 56.7 Å². The third kappa shape index (κ3) is 4.76. The lowest BCUT2D eigenvalue weighted by molar-refractivity contribution is -0.128. The van der Waals surface area contributed by atoms with Gasteiger partial charge in [-0.25, -0.2) is 0 Å². The van der Waals surface area contributed by atoms with Crippen molar-refractivity contribution in [3.63, 3.8) is 0 Å². The Morgan fingerprint density at radius 1 is 1.32 bits per heavy atom. The molecule has 0 unspecified atom stereocenters. The number of guanidine groups is 1. The van der Waals surface area contributed by atoms with E-state index in [0.29, 0.717) is 6.54 Å². The third-order valence-electron chi connectivity index (χ3n) is 3.77. The van der Waals surface area contributed by atoms with Gasteiger partial charge < -0.3 is 15.5 Å². The first kappa shape index (κ1) is 18.0. The van der Waals surface area contributed by atoms with E-state index >= 15 is 0 Å². The molecule has 1 rings (SSSR count). The second-order valence-corrected chi connectivity index (χ2v) is 6.15. The Kier molecular flexibility index (Phi) is 6.40. The number of rotatable bonds is 5. The summed E-state index contributed by atoms with van der Waals surface area (Å²) in [5.41, 5.74) is 2.03. The fraction of sp³-hybridized carbons (Fsp3) is 0.529. The average molecular weight is 304 g/mol. The van der Waals surface area contributed by atoms with Gasteiger partial charge in [0.1, 0.15) is 0 Å². The molecule has 0 heterocycles. The monoisotopic (exact) mass is 304 g/mol. The summed E-state index contributed by atoms with van der Waals surface area (Å²) in [7, 11) is 5.40. The summed E-state index contributed by atoms with van der Waals surface area (Å²) in [5.74, 6) is 0.789. The van der Waals surface area contributed by atoms with Gasteiger partial charge >= 0.3 is 0 Å². The Morgan fingerprint density at radius 2 is 1.95 bits per heavy atom. The van der Waals surface area contributed by atoms with Crippen molar-refractivity contribution < 1.29 is 4.79 Å². The van der Waals surface area contributed by atoms with Gasteiger partial charge in [0.15, 0.2) is 5.96 Å². The fourth-order valence-electron chi connectivity index (χ4n) is 2.22. The van der Waals surface area contributed by atoms with E-state index < -0.39 is 5.41 Å². The summed E-state index contributed by atoms with van der Waals surface area (Å²) < 4.78 is 0. The SMILES string of the molecule is CN=C(NCC(C)(C)C(=O)NC)N(C)Cc1ccccc1C. The zero-order chi connectivity index (χ0) is 16.8. The molecule has 1 aromatic carbocycles. The van der Waals surface area contributed by atoms with Gasteiger partial charge in [-0.15, -0.1) is 0 Å². The Bertz CT molecular complexity index is 537. The Morgan fingerprint density at radius 3 is 2.50 bits per heavy atom. The maximum atomic E-state index is 11.8. The number of carbonyl (C=O) groups excluding carboxylic acids is 1. The molecule has 0 aliphatic rings. The lowest BCUT2D eigenvalue weighted by Crippen LogP contribution is -2.47. The Hall–Kier alpha value is -2.04. The van der Waals surface area contributed by atoms with Gasteiger partial charge in [0.25, 0.3) is 0 Å². The van der Waals surface area contributed by atoms with Crippen LogP contribution in [0.15, 0.2) is 29.3 Å². The molecule has 0 fully saturated rings. The van der Waals surface area contributed by atoms with Crippen molar-refractivity contribution in [2.45, 2.75) is 27.3 Å². The molecule has 0 radical (unpaired) electrons. The average Bonchev–Trinajstić information content (AvgIpc) is 2.49. The summed E-state index contributed by atoms with van der Waals surface area (Å²) in [6, 6.07) is 8.31. The highest BCUT2D eigenvalue weighted by molar-refractivity contribution is 5.84. The molecule has 5 nitrogen and oxygen atoms in total. The molecule has 0 bridgehead atoms. The number of aliphatic imine (C=N–C) groups is 1. The summed E-state index contributed by atoms with van der Waals surface area (Å²) in [6.07, 6.45) is 0. The molecule has 0 saturated carbocycles. The van der Waals surface area contributed by atoms with E-state index in [1.807, 2.05) is 33.0 Å². The van der Waals surface area contributed by atoms with E-state index in [9.17, 15) is 4.79 Å². The van der Waals surface area contributed by atoms with E-state index in [1.54, 1.807) is 14.1 Å². The first-order valence-electron chi connectivity index (χ1n) is 7.50. The fourth-order valence-corrected chi connectivity index (χ4v) is 2.22. The van der Waals surface area contributed by atoms with Crippen molar-refractivity contribution >= 4 is 11.9 Å². The number of hydrogen-bond donors (Lipinski definition) is 2. The number of nitrogens with one attached hydrogen (secondary N) is 2. The predicted molar refractivity (Wildman–Crippen MR) is 91.9 cm³/mol. The van der Waals surface area contributed by atoms with Crippen LogP contribution in [0.25, 0.3) is 0 Å². The first-order valence-corrected chi connectivity index (χ1v) is 7.50. The quantitative estimate of drug-likeness (QED) is 0.644. The minimum absolute atomic E-state index is 0.0111. The van der Waals surface area contributed by atoms with Crippen molar-refractivity contribution in [3.05, 3.63) is 35.4 Å². The van der Waals surface area contributed by atoms with Crippen LogP contribution in [0.1, 0.15) is 25.0 Å². The van der Waals surface area contributed by atoms with Crippen LogP contribution in [0, 0.1) is 12.3 Å². The van der Waals surface area contributed by atoms with Crippen LogP contribution in [-0.2, 0) is 11.3 Å². The summed E-state index contributed by atoms with van der Waals surface area (Å²) in [6.45, 7) is 7.22. The summed E-state index contributed by atoms with van der Waals surface area (Å²) in [4.78, 5) is 18.2. The van der Waals surface area contributed by atoms with Crippen LogP contribution in [0.3, 0.4) is 0 Å². The molecule has 122 valence electrons. The van der Waals surface area contributed by atoms with E-state index in [1.165, 1.54) is 11.1 Å². The minimum Gasteiger partial charge on any atom is -0.359 e. The number of nitrogens with zero attached hydrogens (tertiary/aromatic N) is 2. The van der Waals surface area contributed by atoms with Gasteiger partial charge in [-0.3, -0.25) is 9.79 Å². The normalized spacial score (nSPS) is 12.0. The van der Waals surface area contributed by atoms with Crippen molar-refractivity contribution in [3.8, 4) is 0 Å². The minimum atomic E-state index is -0.492. The van der Waals surface area contributed by atoms with Gasteiger partial charge in [-0.1, -0.05) is 24.3 Å². The first-order chi connectivity index (χ1) is 10.3. The largest absolute Gasteiger partial charge is 0.359 e. The van der Waals surface area contributed by atoms with E-state index in [2.05, 4.69) is 39.6 Å². The number of amides is 1. The van der Waals surface area contributed by atoms with E-state index in [-0.39, 0.29) is 5.91 Å². The van der Waals surface area contributed by atoms with Crippen molar-refractivity contribution in [2.24, 2.45) is 10.4 Å². The molecule has 0 spiro atoms. The molecule has 0 aromatic heterocycles. The molecule has 22 heavy (non-hydrogen) atoms. The van der Waals surface area contributed by atoms with Gasteiger partial charge in [-0.05, 0) is 31.9 Å². The van der Waals surface area contributed by atoms with E-state index in [4.69, 9.17) is 0 Å². The summed E-state index contributed by atoms with van der Waals surface area (Å²) in [5, 5.41) is 5.97. The molecular formula is C17H28N4O. The van der Waals surface area contributed by atoms with Crippen LogP contribution in [0.5, 0.6) is 0 Å². The molecule has 0 atom stereocenters. The van der Waals surface area contributed by atoms with E-state index in [0.717, 1.165) is 12.5 Å². The Labute approximate surface area is 133 Å². The number of benzene rings is 1. The van der Waals surface area contributed by atoms with Gasteiger partial charge in [0, 0.05) is 34.2 Å². The zero-order valence-corrected chi connectivity index (χ0v) is 14.5. The second kappa shape index (κ2) is 7.82. The summed E-state index contributed by atoms with van der Waals surface area (Å²) >= 11 is 0. The standard InChI is InChI=1S/C17H28N4O/c1-13-9-7-8-10-14(13)11-21(6)16(19-5)20-12-17(2,3)15(22)18-4/h7-10H,11-12H2,1-6H3,(H,18,22)(H,19,20). The van der Waals surface area contributed by atoms with Crippen LogP contribution in [0.4, 0.5) is 0 Å². The van der Waals surface area contributed by atoms with Crippen LogP contribution >= 0.6 is 0 Å². The molecule has 0 aliphatic heterocycles. The lowest BCUT2D eigenvalue weighted by atomic mass is 9.92. The van der Waals surface area contributed by atoms with Crippen molar-refractivity contribution in [1.82, 2.24) is 15.5 Å². The highest BCUT2D eigenvalue weighted by Gasteiger charge is 2.27. The molecule has 2 N–H and O–H groups in total. The molecular weight excluding hydrogens is 276 g/mol.